The smallest absolute Gasteiger partial charge is 0.338 e. The molecule has 1 N–H and O–H groups in total. The quantitative estimate of drug-likeness (QED) is 0.824. The average Bonchev–Trinajstić information content (AvgIpc) is 2.38. The van der Waals surface area contributed by atoms with Crippen LogP contribution in [0.5, 0.6) is 0 Å². The minimum atomic E-state index is -3.92. The van der Waals surface area contributed by atoms with Gasteiger partial charge in [-0.2, -0.15) is 4.31 Å². The largest absolute Gasteiger partial charge is 0.478 e. The van der Waals surface area contributed by atoms with Gasteiger partial charge in [0.1, 0.15) is 5.82 Å². The monoisotopic (exact) mass is 319 g/mol. The molecule has 1 aromatic rings. The van der Waals surface area contributed by atoms with Crippen LogP contribution in [0.25, 0.3) is 0 Å². The Morgan fingerprint density at radius 3 is 2.52 bits per heavy atom. The number of hydrogen-bond acceptors (Lipinski definition) is 4. The van der Waals surface area contributed by atoms with Crippen LogP contribution in [0, 0.1) is 5.82 Å². The van der Waals surface area contributed by atoms with Gasteiger partial charge in [0, 0.05) is 19.7 Å². The number of carboxylic acid groups (broad SMARTS) is 1. The second kappa shape index (κ2) is 6.97. The van der Waals surface area contributed by atoms with Crippen LogP contribution < -0.4 is 0 Å². The van der Waals surface area contributed by atoms with Crippen molar-refractivity contribution in [2.45, 2.75) is 24.8 Å². The van der Waals surface area contributed by atoms with E-state index in [1.165, 1.54) is 11.4 Å². The summed E-state index contributed by atoms with van der Waals surface area (Å²) in [6.07, 6.45) is 0. The molecule has 0 saturated heterocycles. The Balaban J connectivity index is 3.28. The average molecular weight is 319 g/mol. The zero-order valence-electron chi connectivity index (χ0n) is 12.0. The van der Waals surface area contributed by atoms with E-state index in [0.717, 1.165) is 18.2 Å². The number of carbonyl (C=O) groups is 1. The van der Waals surface area contributed by atoms with Crippen LogP contribution in [0.2, 0.25) is 0 Å². The third-order valence-corrected chi connectivity index (χ3v) is 4.94. The Morgan fingerprint density at radius 2 is 2.05 bits per heavy atom. The van der Waals surface area contributed by atoms with Crippen LogP contribution >= 0.6 is 0 Å². The normalized spacial score (nSPS) is 12.1. The summed E-state index contributed by atoms with van der Waals surface area (Å²) in [5, 5.41) is 8.88. The predicted molar refractivity (Wildman–Crippen MR) is 74.3 cm³/mol. The predicted octanol–water partition coefficient (Wildman–Crippen LogP) is 1.57. The maximum Gasteiger partial charge on any atom is 0.338 e. The lowest BCUT2D eigenvalue weighted by Crippen LogP contribution is -2.39. The third-order valence-electron chi connectivity index (χ3n) is 2.87. The van der Waals surface area contributed by atoms with Gasteiger partial charge in [0.25, 0.3) is 0 Å². The lowest BCUT2D eigenvalue weighted by Gasteiger charge is -2.25. The van der Waals surface area contributed by atoms with Gasteiger partial charge in [-0.3, -0.25) is 0 Å². The highest BCUT2D eigenvalue weighted by Gasteiger charge is 2.28. The van der Waals surface area contributed by atoms with E-state index < -0.39 is 27.4 Å². The Bertz CT molecular complexity index is 615. The summed E-state index contributed by atoms with van der Waals surface area (Å²) >= 11 is 0. The molecule has 6 nitrogen and oxygen atoms in total. The molecule has 0 radical (unpaired) electrons. The number of benzene rings is 1. The van der Waals surface area contributed by atoms with Gasteiger partial charge in [-0.1, -0.05) is 0 Å². The number of carboxylic acids is 1. The van der Waals surface area contributed by atoms with Crippen LogP contribution in [-0.2, 0) is 14.8 Å². The number of halogens is 1. The van der Waals surface area contributed by atoms with E-state index in [1.807, 2.05) is 0 Å². The summed E-state index contributed by atoms with van der Waals surface area (Å²) in [6, 6.07) is 2.38. The lowest BCUT2D eigenvalue weighted by atomic mass is 10.2. The lowest BCUT2D eigenvalue weighted by molar-refractivity contribution is 0.0691. The fourth-order valence-corrected chi connectivity index (χ4v) is 3.45. The second-order valence-corrected chi connectivity index (χ2v) is 6.54. The zero-order valence-corrected chi connectivity index (χ0v) is 12.9. The van der Waals surface area contributed by atoms with Crippen molar-refractivity contribution in [1.29, 1.82) is 0 Å². The van der Waals surface area contributed by atoms with Gasteiger partial charge in [-0.25, -0.2) is 17.6 Å². The molecule has 0 aliphatic rings. The standard InChI is InChI=1S/C13H18FNO5S/c1-9(2)15(6-7-20-3)21(18,19)10-4-5-12(14)11(8-10)13(16)17/h4-5,8-9H,6-7H2,1-3H3,(H,16,17). The summed E-state index contributed by atoms with van der Waals surface area (Å²) in [4.78, 5) is 10.7. The van der Waals surface area contributed by atoms with Crippen molar-refractivity contribution < 1.29 is 27.4 Å². The molecule has 0 bridgehead atoms. The van der Waals surface area contributed by atoms with Gasteiger partial charge in [-0.15, -0.1) is 0 Å². The van der Waals surface area contributed by atoms with Gasteiger partial charge in [0.15, 0.2) is 0 Å². The van der Waals surface area contributed by atoms with E-state index in [1.54, 1.807) is 13.8 Å². The van der Waals surface area contributed by atoms with Gasteiger partial charge in [0.05, 0.1) is 17.1 Å². The van der Waals surface area contributed by atoms with E-state index >= 15 is 0 Å². The molecule has 0 fully saturated rings. The summed E-state index contributed by atoms with van der Waals surface area (Å²) in [5.41, 5.74) is -0.675. The van der Waals surface area contributed by atoms with Crippen LogP contribution in [-0.4, -0.2) is 50.1 Å². The molecule has 0 unspecified atom stereocenters. The van der Waals surface area contributed by atoms with Crippen molar-refractivity contribution in [3.8, 4) is 0 Å². The Hall–Kier alpha value is -1.51. The third kappa shape index (κ3) is 3.99. The van der Waals surface area contributed by atoms with Crippen molar-refractivity contribution in [1.82, 2.24) is 4.31 Å². The molecule has 0 heterocycles. The zero-order chi connectivity index (χ0) is 16.2. The Labute approximate surface area is 123 Å². The van der Waals surface area contributed by atoms with E-state index in [4.69, 9.17) is 9.84 Å². The highest BCUT2D eigenvalue weighted by atomic mass is 32.2. The van der Waals surface area contributed by atoms with Crippen molar-refractivity contribution in [2.24, 2.45) is 0 Å². The first kappa shape index (κ1) is 17.5. The van der Waals surface area contributed by atoms with Crippen LogP contribution in [0.3, 0.4) is 0 Å². The minimum Gasteiger partial charge on any atom is -0.478 e. The molecular weight excluding hydrogens is 301 g/mol. The topological polar surface area (TPSA) is 83.9 Å². The van der Waals surface area contributed by atoms with E-state index in [2.05, 4.69) is 0 Å². The maximum atomic E-state index is 13.4. The number of nitrogens with zero attached hydrogens (tertiary/aromatic N) is 1. The van der Waals surface area contributed by atoms with Crippen LogP contribution in [0.15, 0.2) is 23.1 Å². The van der Waals surface area contributed by atoms with Gasteiger partial charge in [0.2, 0.25) is 10.0 Å². The van der Waals surface area contributed by atoms with E-state index in [9.17, 15) is 17.6 Å². The van der Waals surface area contributed by atoms with Gasteiger partial charge < -0.3 is 9.84 Å². The second-order valence-electron chi connectivity index (χ2n) is 4.65. The van der Waals surface area contributed by atoms with Crippen molar-refractivity contribution in [3.05, 3.63) is 29.6 Å². The number of rotatable bonds is 7. The molecule has 0 aliphatic heterocycles. The fraction of sp³-hybridized carbons (Fsp3) is 0.462. The molecule has 0 saturated carbocycles. The highest BCUT2D eigenvalue weighted by Crippen LogP contribution is 2.21. The highest BCUT2D eigenvalue weighted by molar-refractivity contribution is 7.89. The van der Waals surface area contributed by atoms with Crippen molar-refractivity contribution in [3.63, 3.8) is 0 Å². The number of aromatic carboxylic acids is 1. The molecule has 21 heavy (non-hydrogen) atoms. The van der Waals surface area contributed by atoms with Crippen molar-refractivity contribution in [2.75, 3.05) is 20.3 Å². The SMILES string of the molecule is COCCN(C(C)C)S(=O)(=O)c1ccc(F)c(C(=O)O)c1. The van der Waals surface area contributed by atoms with E-state index in [-0.39, 0.29) is 24.1 Å². The molecule has 0 atom stereocenters. The van der Waals surface area contributed by atoms with Crippen molar-refractivity contribution >= 4 is 16.0 Å². The van der Waals surface area contributed by atoms with Gasteiger partial charge >= 0.3 is 5.97 Å². The number of hydrogen-bond donors (Lipinski definition) is 1. The Morgan fingerprint density at radius 1 is 1.43 bits per heavy atom. The molecule has 118 valence electrons. The maximum absolute atomic E-state index is 13.4. The molecule has 0 aromatic heterocycles. The summed E-state index contributed by atoms with van der Waals surface area (Å²) in [7, 11) is -2.47. The molecular formula is C13H18FNO5S. The molecule has 1 aromatic carbocycles. The summed E-state index contributed by atoms with van der Waals surface area (Å²) in [6.45, 7) is 3.70. The minimum absolute atomic E-state index is 0.121. The van der Waals surface area contributed by atoms with Gasteiger partial charge in [-0.05, 0) is 32.0 Å². The number of methoxy groups -OCH3 is 1. The molecule has 0 aliphatic carbocycles. The van der Waals surface area contributed by atoms with E-state index in [0.29, 0.717) is 0 Å². The first-order chi connectivity index (χ1) is 9.71. The molecule has 0 spiro atoms. The molecule has 0 amide bonds. The Kier molecular flexibility index (Phi) is 5.82. The first-order valence-electron chi connectivity index (χ1n) is 6.25. The number of sulfonamides is 1. The van der Waals surface area contributed by atoms with Crippen LogP contribution in [0.1, 0.15) is 24.2 Å². The molecule has 1 rings (SSSR count). The summed E-state index contributed by atoms with van der Waals surface area (Å²) < 4.78 is 44.5. The summed E-state index contributed by atoms with van der Waals surface area (Å²) in [5.74, 6) is -2.49. The molecule has 8 heteroatoms. The van der Waals surface area contributed by atoms with Crippen LogP contribution in [0.4, 0.5) is 4.39 Å². The first-order valence-corrected chi connectivity index (χ1v) is 7.69. The fourth-order valence-electron chi connectivity index (χ4n) is 1.80. The number of ether oxygens (including phenoxy) is 1.